The molecule has 2 saturated heterocycles. The van der Waals surface area contributed by atoms with Crippen molar-refractivity contribution in [1.29, 1.82) is 0 Å². The SMILES string of the molecule is OC(COc1ccccc1CN1CCCCCC1)CN1CCSCC1. The number of aliphatic hydroxyl groups excluding tert-OH is 1. The fourth-order valence-electron chi connectivity index (χ4n) is 3.63. The summed E-state index contributed by atoms with van der Waals surface area (Å²) in [6.45, 7) is 6.57. The normalized spacial score (nSPS) is 21.6. The van der Waals surface area contributed by atoms with E-state index in [9.17, 15) is 5.11 Å². The average molecular weight is 365 g/mol. The van der Waals surface area contributed by atoms with Crippen molar-refractivity contribution in [1.82, 2.24) is 9.80 Å². The zero-order valence-corrected chi connectivity index (χ0v) is 16.1. The van der Waals surface area contributed by atoms with E-state index in [-0.39, 0.29) is 0 Å². The predicted molar refractivity (Wildman–Crippen MR) is 105 cm³/mol. The van der Waals surface area contributed by atoms with Gasteiger partial charge in [0, 0.05) is 43.2 Å². The Kier molecular flexibility index (Phi) is 7.92. The first-order valence-electron chi connectivity index (χ1n) is 9.72. The number of hydrogen-bond donors (Lipinski definition) is 1. The molecule has 1 aromatic carbocycles. The molecule has 0 bridgehead atoms. The van der Waals surface area contributed by atoms with Crippen molar-refractivity contribution >= 4 is 11.8 Å². The van der Waals surface area contributed by atoms with Crippen LogP contribution in [-0.2, 0) is 6.54 Å². The first-order chi connectivity index (χ1) is 12.3. The highest BCUT2D eigenvalue weighted by Crippen LogP contribution is 2.22. The van der Waals surface area contributed by atoms with Gasteiger partial charge in [-0.15, -0.1) is 0 Å². The molecule has 5 heteroatoms. The summed E-state index contributed by atoms with van der Waals surface area (Å²) in [6, 6.07) is 8.31. The Morgan fingerprint density at radius 2 is 1.68 bits per heavy atom. The van der Waals surface area contributed by atoms with Crippen molar-refractivity contribution in [2.75, 3.05) is 50.8 Å². The lowest BCUT2D eigenvalue weighted by Crippen LogP contribution is -2.40. The number of nitrogens with zero attached hydrogens (tertiary/aromatic N) is 2. The zero-order chi connectivity index (χ0) is 17.3. The van der Waals surface area contributed by atoms with Gasteiger partial charge >= 0.3 is 0 Å². The van der Waals surface area contributed by atoms with Gasteiger partial charge in [0.1, 0.15) is 18.5 Å². The number of para-hydroxylation sites is 1. The summed E-state index contributed by atoms with van der Waals surface area (Å²) in [7, 11) is 0. The molecular weight excluding hydrogens is 332 g/mol. The Morgan fingerprint density at radius 1 is 0.960 bits per heavy atom. The summed E-state index contributed by atoms with van der Waals surface area (Å²) in [6.07, 6.45) is 4.89. The second-order valence-electron chi connectivity index (χ2n) is 7.18. The van der Waals surface area contributed by atoms with Crippen LogP contribution in [0, 0.1) is 0 Å². The van der Waals surface area contributed by atoms with Gasteiger partial charge in [0.2, 0.25) is 0 Å². The molecule has 1 aromatic rings. The fourth-order valence-corrected chi connectivity index (χ4v) is 4.61. The van der Waals surface area contributed by atoms with Crippen LogP contribution >= 0.6 is 11.8 Å². The van der Waals surface area contributed by atoms with Crippen LogP contribution in [0.2, 0.25) is 0 Å². The molecule has 2 aliphatic heterocycles. The minimum Gasteiger partial charge on any atom is -0.491 e. The van der Waals surface area contributed by atoms with Crippen molar-refractivity contribution in [2.24, 2.45) is 0 Å². The summed E-state index contributed by atoms with van der Waals surface area (Å²) in [5.41, 5.74) is 1.24. The molecule has 0 aliphatic carbocycles. The highest BCUT2D eigenvalue weighted by molar-refractivity contribution is 7.99. The summed E-state index contributed by atoms with van der Waals surface area (Å²) in [5, 5.41) is 10.3. The van der Waals surface area contributed by atoms with E-state index in [0.29, 0.717) is 6.61 Å². The number of benzene rings is 1. The summed E-state index contributed by atoms with van der Waals surface area (Å²) < 4.78 is 6.00. The molecule has 140 valence electrons. The van der Waals surface area contributed by atoms with Gasteiger partial charge in [0.15, 0.2) is 0 Å². The third-order valence-electron chi connectivity index (χ3n) is 5.07. The Bertz CT molecular complexity index is 500. The molecule has 2 fully saturated rings. The first-order valence-corrected chi connectivity index (χ1v) is 10.9. The predicted octanol–water partition coefficient (Wildman–Crippen LogP) is 2.85. The number of thioether (sulfide) groups is 1. The lowest BCUT2D eigenvalue weighted by molar-refractivity contribution is 0.0708. The van der Waals surface area contributed by atoms with Crippen molar-refractivity contribution in [3.63, 3.8) is 0 Å². The van der Waals surface area contributed by atoms with E-state index in [1.165, 1.54) is 55.8 Å². The molecule has 0 aromatic heterocycles. The van der Waals surface area contributed by atoms with Crippen LogP contribution in [0.1, 0.15) is 31.2 Å². The topological polar surface area (TPSA) is 35.9 Å². The van der Waals surface area contributed by atoms with Crippen LogP contribution in [-0.4, -0.2) is 71.8 Å². The Labute approximate surface area is 156 Å². The number of β-amino-alcohol motifs (C(OH)–C–C–N with tert-alkyl or cyclic N) is 1. The van der Waals surface area contributed by atoms with Crippen LogP contribution in [0.3, 0.4) is 0 Å². The molecule has 4 nitrogen and oxygen atoms in total. The van der Waals surface area contributed by atoms with Crippen molar-refractivity contribution in [3.05, 3.63) is 29.8 Å². The van der Waals surface area contributed by atoms with Gasteiger partial charge in [-0.25, -0.2) is 0 Å². The fraction of sp³-hybridized carbons (Fsp3) is 0.700. The zero-order valence-electron chi connectivity index (χ0n) is 15.2. The Morgan fingerprint density at radius 3 is 2.44 bits per heavy atom. The summed E-state index contributed by atoms with van der Waals surface area (Å²) in [5.74, 6) is 3.28. The van der Waals surface area contributed by atoms with E-state index in [2.05, 4.69) is 21.9 Å². The molecule has 0 saturated carbocycles. The molecule has 0 amide bonds. The minimum atomic E-state index is -0.422. The van der Waals surface area contributed by atoms with Gasteiger partial charge in [-0.2, -0.15) is 11.8 Å². The quantitative estimate of drug-likeness (QED) is 0.805. The highest BCUT2D eigenvalue weighted by atomic mass is 32.2. The van der Waals surface area contributed by atoms with Crippen LogP contribution < -0.4 is 4.74 Å². The molecular formula is C20H32N2O2S. The van der Waals surface area contributed by atoms with Gasteiger partial charge in [-0.05, 0) is 32.0 Å². The van der Waals surface area contributed by atoms with E-state index < -0.39 is 6.10 Å². The Balaban J connectivity index is 1.49. The van der Waals surface area contributed by atoms with E-state index in [1.807, 2.05) is 23.9 Å². The van der Waals surface area contributed by atoms with E-state index in [4.69, 9.17) is 4.74 Å². The monoisotopic (exact) mass is 364 g/mol. The lowest BCUT2D eigenvalue weighted by Gasteiger charge is -2.28. The summed E-state index contributed by atoms with van der Waals surface area (Å²) in [4.78, 5) is 4.88. The second kappa shape index (κ2) is 10.4. The number of aliphatic hydroxyl groups is 1. The molecule has 3 rings (SSSR count). The van der Waals surface area contributed by atoms with Crippen LogP contribution in [0.5, 0.6) is 5.75 Å². The molecule has 2 heterocycles. The van der Waals surface area contributed by atoms with Crippen LogP contribution in [0.25, 0.3) is 0 Å². The van der Waals surface area contributed by atoms with Crippen molar-refractivity contribution < 1.29 is 9.84 Å². The molecule has 0 radical (unpaired) electrons. The van der Waals surface area contributed by atoms with Gasteiger partial charge in [0.05, 0.1) is 0 Å². The van der Waals surface area contributed by atoms with Gasteiger partial charge in [-0.1, -0.05) is 31.0 Å². The molecule has 1 atom stereocenters. The molecule has 25 heavy (non-hydrogen) atoms. The molecule has 2 aliphatic rings. The average Bonchev–Trinajstić information content (AvgIpc) is 2.90. The van der Waals surface area contributed by atoms with E-state index in [1.54, 1.807) is 0 Å². The largest absolute Gasteiger partial charge is 0.491 e. The van der Waals surface area contributed by atoms with Gasteiger partial charge < -0.3 is 9.84 Å². The second-order valence-corrected chi connectivity index (χ2v) is 8.40. The minimum absolute atomic E-state index is 0.376. The van der Waals surface area contributed by atoms with Crippen LogP contribution in [0.15, 0.2) is 24.3 Å². The highest BCUT2D eigenvalue weighted by Gasteiger charge is 2.16. The third-order valence-corrected chi connectivity index (χ3v) is 6.01. The van der Waals surface area contributed by atoms with E-state index in [0.717, 1.165) is 31.9 Å². The van der Waals surface area contributed by atoms with E-state index >= 15 is 0 Å². The van der Waals surface area contributed by atoms with Crippen molar-refractivity contribution in [3.8, 4) is 5.75 Å². The smallest absolute Gasteiger partial charge is 0.123 e. The van der Waals surface area contributed by atoms with Crippen molar-refractivity contribution in [2.45, 2.75) is 38.3 Å². The molecule has 0 spiro atoms. The first kappa shape index (κ1) is 19.0. The summed E-state index contributed by atoms with van der Waals surface area (Å²) >= 11 is 2.00. The number of likely N-dealkylation sites (tertiary alicyclic amines) is 1. The number of rotatable bonds is 7. The maximum absolute atomic E-state index is 10.3. The maximum Gasteiger partial charge on any atom is 0.123 e. The maximum atomic E-state index is 10.3. The Hall–Kier alpha value is -0.750. The standard InChI is InChI=1S/C20H32N2O2S/c23-19(16-22-11-13-25-14-12-22)17-24-20-8-4-3-7-18(20)15-21-9-5-1-2-6-10-21/h3-4,7-8,19,23H,1-2,5-6,9-17H2. The third kappa shape index (κ3) is 6.48. The van der Waals surface area contributed by atoms with Gasteiger partial charge in [-0.3, -0.25) is 9.80 Å². The lowest BCUT2D eigenvalue weighted by atomic mass is 10.2. The van der Waals surface area contributed by atoms with Gasteiger partial charge in [0.25, 0.3) is 0 Å². The molecule has 1 unspecified atom stereocenters. The number of hydrogen-bond acceptors (Lipinski definition) is 5. The van der Waals surface area contributed by atoms with Crippen LogP contribution in [0.4, 0.5) is 0 Å². The molecule has 1 N–H and O–H groups in total. The number of ether oxygens (including phenoxy) is 1.